The second kappa shape index (κ2) is 5.60. The van der Waals surface area contributed by atoms with E-state index < -0.39 is 0 Å². The van der Waals surface area contributed by atoms with Crippen LogP contribution < -0.4 is 10.5 Å². The number of nitrogens with two attached hydrogens (primary N) is 1. The van der Waals surface area contributed by atoms with Gasteiger partial charge in [-0.05, 0) is 31.9 Å². The van der Waals surface area contributed by atoms with Gasteiger partial charge in [-0.3, -0.25) is 0 Å². The molecule has 0 radical (unpaired) electrons. The number of halogens is 1. The Kier molecular flexibility index (Phi) is 4.40. The molecule has 1 aromatic rings. The monoisotopic (exact) mass is 197 g/mol. The average Bonchev–Trinajstić information content (AvgIpc) is 2.12. The molecular weight excluding hydrogens is 181 g/mol. The second-order valence-corrected chi connectivity index (χ2v) is 3.43. The Balaban J connectivity index is 2.25. The largest absolute Gasteiger partial charge is 0.493 e. The SMILES string of the molecule is C[C@H](N)CCCOc1cccc(F)c1. The molecule has 0 aromatic heterocycles. The molecule has 1 aromatic carbocycles. The molecule has 0 bridgehead atoms. The van der Waals surface area contributed by atoms with Crippen LogP contribution in [0.4, 0.5) is 4.39 Å². The highest BCUT2D eigenvalue weighted by molar-refractivity contribution is 5.22. The van der Waals surface area contributed by atoms with Gasteiger partial charge < -0.3 is 10.5 Å². The summed E-state index contributed by atoms with van der Waals surface area (Å²) in [5.41, 5.74) is 5.58. The van der Waals surface area contributed by atoms with Gasteiger partial charge in [-0.15, -0.1) is 0 Å². The lowest BCUT2D eigenvalue weighted by atomic mass is 10.2. The van der Waals surface area contributed by atoms with Crippen molar-refractivity contribution in [2.24, 2.45) is 5.73 Å². The van der Waals surface area contributed by atoms with Gasteiger partial charge in [-0.2, -0.15) is 0 Å². The molecule has 1 atom stereocenters. The molecule has 0 unspecified atom stereocenters. The first kappa shape index (κ1) is 11.0. The summed E-state index contributed by atoms with van der Waals surface area (Å²) in [6.45, 7) is 2.55. The molecule has 0 aliphatic heterocycles. The zero-order chi connectivity index (χ0) is 10.4. The van der Waals surface area contributed by atoms with Gasteiger partial charge in [0.2, 0.25) is 0 Å². The third-order valence-corrected chi connectivity index (χ3v) is 1.87. The highest BCUT2D eigenvalue weighted by Crippen LogP contribution is 2.12. The van der Waals surface area contributed by atoms with Crippen molar-refractivity contribution in [2.75, 3.05) is 6.61 Å². The van der Waals surface area contributed by atoms with Gasteiger partial charge in [0.1, 0.15) is 11.6 Å². The molecule has 0 saturated heterocycles. The fraction of sp³-hybridized carbons (Fsp3) is 0.455. The summed E-state index contributed by atoms with van der Waals surface area (Å²) in [4.78, 5) is 0. The van der Waals surface area contributed by atoms with Crippen molar-refractivity contribution in [3.05, 3.63) is 30.1 Å². The van der Waals surface area contributed by atoms with Gasteiger partial charge >= 0.3 is 0 Å². The highest BCUT2D eigenvalue weighted by atomic mass is 19.1. The molecule has 78 valence electrons. The molecule has 0 heterocycles. The normalized spacial score (nSPS) is 12.5. The molecular formula is C11H16FNO. The van der Waals surface area contributed by atoms with Gasteiger partial charge in [-0.1, -0.05) is 6.07 Å². The first-order valence-corrected chi connectivity index (χ1v) is 4.82. The lowest BCUT2D eigenvalue weighted by molar-refractivity contribution is 0.301. The Hall–Kier alpha value is -1.09. The summed E-state index contributed by atoms with van der Waals surface area (Å²) in [7, 11) is 0. The molecule has 0 fully saturated rings. The van der Waals surface area contributed by atoms with E-state index in [0.29, 0.717) is 12.4 Å². The summed E-state index contributed by atoms with van der Waals surface area (Å²) in [6, 6.07) is 6.36. The highest BCUT2D eigenvalue weighted by Gasteiger charge is 1.97. The summed E-state index contributed by atoms with van der Waals surface area (Å²) < 4.78 is 18.0. The summed E-state index contributed by atoms with van der Waals surface area (Å²) in [5, 5.41) is 0. The van der Waals surface area contributed by atoms with Crippen LogP contribution >= 0.6 is 0 Å². The topological polar surface area (TPSA) is 35.2 Å². The van der Waals surface area contributed by atoms with Crippen LogP contribution in [0.3, 0.4) is 0 Å². The van der Waals surface area contributed by atoms with Gasteiger partial charge in [0, 0.05) is 12.1 Å². The van der Waals surface area contributed by atoms with Crippen LogP contribution in [-0.2, 0) is 0 Å². The van der Waals surface area contributed by atoms with E-state index in [1.165, 1.54) is 12.1 Å². The van der Waals surface area contributed by atoms with Crippen molar-refractivity contribution in [1.29, 1.82) is 0 Å². The maximum Gasteiger partial charge on any atom is 0.126 e. The third kappa shape index (κ3) is 4.23. The van der Waals surface area contributed by atoms with Gasteiger partial charge in [0.05, 0.1) is 6.61 Å². The maximum absolute atomic E-state index is 12.7. The summed E-state index contributed by atoms with van der Waals surface area (Å²) >= 11 is 0. The van der Waals surface area contributed by atoms with Crippen LogP contribution in [0, 0.1) is 5.82 Å². The fourth-order valence-corrected chi connectivity index (χ4v) is 1.15. The molecule has 14 heavy (non-hydrogen) atoms. The van der Waals surface area contributed by atoms with Crippen LogP contribution in [0.15, 0.2) is 24.3 Å². The summed E-state index contributed by atoms with van der Waals surface area (Å²) in [6.07, 6.45) is 1.82. The lowest BCUT2D eigenvalue weighted by Crippen LogP contribution is -2.15. The molecule has 0 amide bonds. The molecule has 0 saturated carbocycles. The van der Waals surface area contributed by atoms with E-state index >= 15 is 0 Å². The van der Waals surface area contributed by atoms with Crippen molar-refractivity contribution in [3.8, 4) is 5.75 Å². The van der Waals surface area contributed by atoms with Gasteiger partial charge in [0.25, 0.3) is 0 Å². The average molecular weight is 197 g/mol. The first-order chi connectivity index (χ1) is 6.68. The Morgan fingerprint density at radius 1 is 1.50 bits per heavy atom. The van der Waals surface area contributed by atoms with E-state index in [2.05, 4.69) is 0 Å². The molecule has 0 aliphatic carbocycles. The van der Waals surface area contributed by atoms with Crippen molar-refractivity contribution in [3.63, 3.8) is 0 Å². The van der Waals surface area contributed by atoms with Crippen molar-refractivity contribution < 1.29 is 9.13 Å². The zero-order valence-electron chi connectivity index (χ0n) is 8.37. The zero-order valence-corrected chi connectivity index (χ0v) is 8.37. The second-order valence-electron chi connectivity index (χ2n) is 3.43. The van der Waals surface area contributed by atoms with Gasteiger partial charge in [0.15, 0.2) is 0 Å². The van der Waals surface area contributed by atoms with E-state index in [-0.39, 0.29) is 11.9 Å². The smallest absolute Gasteiger partial charge is 0.126 e. The number of hydrogen-bond donors (Lipinski definition) is 1. The maximum atomic E-state index is 12.7. The number of hydrogen-bond acceptors (Lipinski definition) is 2. The predicted octanol–water partition coefficient (Wildman–Crippen LogP) is 2.33. The van der Waals surface area contributed by atoms with Crippen LogP contribution in [0.5, 0.6) is 5.75 Å². The third-order valence-electron chi connectivity index (χ3n) is 1.87. The van der Waals surface area contributed by atoms with E-state index in [4.69, 9.17) is 10.5 Å². The minimum atomic E-state index is -0.269. The predicted molar refractivity (Wildman–Crippen MR) is 54.8 cm³/mol. The van der Waals surface area contributed by atoms with E-state index in [1.807, 2.05) is 6.92 Å². The van der Waals surface area contributed by atoms with Crippen molar-refractivity contribution in [1.82, 2.24) is 0 Å². The first-order valence-electron chi connectivity index (χ1n) is 4.82. The Morgan fingerprint density at radius 2 is 2.29 bits per heavy atom. The standard InChI is InChI=1S/C11H16FNO/c1-9(13)4-3-7-14-11-6-2-5-10(12)8-11/h2,5-6,8-9H,3-4,7,13H2,1H3/t9-/m0/s1. The number of ether oxygens (including phenoxy) is 1. The van der Waals surface area contributed by atoms with E-state index in [0.717, 1.165) is 12.8 Å². The molecule has 1 rings (SSSR count). The van der Waals surface area contributed by atoms with Crippen LogP contribution in [0.1, 0.15) is 19.8 Å². The molecule has 3 heteroatoms. The molecule has 0 spiro atoms. The minimum Gasteiger partial charge on any atom is -0.493 e. The quantitative estimate of drug-likeness (QED) is 0.735. The van der Waals surface area contributed by atoms with E-state index in [9.17, 15) is 4.39 Å². The van der Waals surface area contributed by atoms with Crippen LogP contribution in [0.25, 0.3) is 0 Å². The Bertz CT molecular complexity index is 276. The minimum absolute atomic E-state index is 0.200. The molecule has 2 nitrogen and oxygen atoms in total. The number of rotatable bonds is 5. The molecule has 2 N–H and O–H groups in total. The van der Waals surface area contributed by atoms with Crippen LogP contribution in [0.2, 0.25) is 0 Å². The summed E-state index contributed by atoms with van der Waals surface area (Å²) in [5.74, 6) is 0.310. The fourth-order valence-electron chi connectivity index (χ4n) is 1.15. The van der Waals surface area contributed by atoms with E-state index in [1.54, 1.807) is 12.1 Å². The number of benzene rings is 1. The van der Waals surface area contributed by atoms with Gasteiger partial charge in [-0.25, -0.2) is 4.39 Å². The lowest BCUT2D eigenvalue weighted by Gasteiger charge is -2.07. The van der Waals surface area contributed by atoms with Crippen molar-refractivity contribution >= 4 is 0 Å². The van der Waals surface area contributed by atoms with Crippen LogP contribution in [-0.4, -0.2) is 12.6 Å². The Morgan fingerprint density at radius 3 is 2.93 bits per heavy atom. The Labute approximate surface area is 83.9 Å². The molecule has 0 aliphatic rings. The van der Waals surface area contributed by atoms with Crippen molar-refractivity contribution in [2.45, 2.75) is 25.8 Å².